The number of benzene rings is 1. The van der Waals surface area contributed by atoms with Crippen molar-refractivity contribution < 1.29 is 21.5 Å². The van der Waals surface area contributed by atoms with E-state index in [1.807, 2.05) is 6.92 Å². The van der Waals surface area contributed by atoms with Gasteiger partial charge in [-0.05, 0) is 45.5 Å². The van der Waals surface area contributed by atoms with Crippen molar-refractivity contribution in [2.45, 2.75) is 45.1 Å². The van der Waals surface area contributed by atoms with Crippen LogP contribution in [0.4, 0.5) is 4.79 Å². The van der Waals surface area contributed by atoms with Crippen molar-refractivity contribution in [3.05, 3.63) is 35.4 Å². The molecule has 1 aliphatic carbocycles. The summed E-state index contributed by atoms with van der Waals surface area (Å²) in [6, 6.07) is 6.61. The molecule has 116 valence electrons. The lowest BCUT2D eigenvalue weighted by atomic mass is 9.92. The van der Waals surface area contributed by atoms with E-state index in [4.69, 9.17) is 11.6 Å². The van der Waals surface area contributed by atoms with Gasteiger partial charge in [0.25, 0.3) is 0 Å². The van der Waals surface area contributed by atoms with Crippen molar-refractivity contribution >= 4 is 6.09 Å². The molecule has 2 atom stereocenters. The van der Waals surface area contributed by atoms with Gasteiger partial charge in [-0.3, -0.25) is 0 Å². The minimum absolute atomic E-state index is 0.331. The van der Waals surface area contributed by atoms with Crippen LogP contribution < -0.4 is 5.32 Å². The third kappa shape index (κ3) is 3.76. The van der Waals surface area contributed by atoms with Gasteiger partial charge < -0.3 is 15.2 Å². The van der Waals surface area contributed by atoms with Gasteiger partial charge >= 0.3 is 6.09 Å². The van der Waals surface area contributed by atoms with E-state index in [0.717, 1.165) is 5.56 Å². The number of nitrogens with one attached hydrogen (secondary N) is 1. The normalized spacial score (nSPS) is 34.6. The molecule has 2 N–H and O–H groups in total. The molecule has 0 saturated heterocycles. The molecule has 0 heterocycles. The number of carbonyl (C=O) groups excluding carboxylic acids is 1. The Kier molecular flexibility index (Phi) is 2.76. The second kappa shape index (κ2) is 5.68. The molecule has 1 amide bonds. The number of rotatable bonds is 4. The van der Waals surface area contributed by atoms with E-state index in [0.29, 0.717) is 5.56 Å². The van der Waals surface area contributed by atoms with Gasteiger partial charge in [-0.1, -0.05) is 29.8 Å². The van der Waals surface area contributed by atoms with Crippen LogP contribution in [0, 0.1) is 12.8 Å². The molecule has 0 spiro atoms. The van der Waals surface area contributed by atoms with Crippen LogP contribution in [-0.4, -0.2) is 29.9 Å². The SMILES string of the molecule is [2H]C([2H])(O)[C@]1([2H])C([2H])([2H])[C@@]1(CNC(=O)OC(C)(C)C)c1ccc(C)cc1. The molecular formula is C17H25NO3. The summed E-state index contributed by atoms with van der Waals surface area (Å²) in [6.45, 7) is 3.38. The summed E-state index contributed by atoms with van der Waals surface area (Å²) in [5.41, 5.74) is -1.28. The fourth-order valence-corrected chi connectivity index (χ4v) is 2.11. The molecule has 1 saturated carbocycles. The first-order chi connectivity index (χ1) is 11.6. The van der Waals surface area contributed by atoms with E-state index in [9.17, 15) is 9.90 Å². The maximum Gasteiger partial charge on any atom is 0.407 e. The van der Waals surface area contributed by atoms with Gasteiger partial charge in [0.2, 0.25) is 0 Å². The van der Waals surface area contributed by atoms with Crippen LogP contribution >= 0.6 is 0 Å². The smallest absolute Gasteiger partial charge is 0.407 e. The number of hydrogen-bond donors (Lipinski definition) is 2. The first kappa shape index (κ1) is 10.2. The molecule has 1 aliphatic rings. The fraction of sp³-hybridized carbons (Fsp3) is 0.588. The molecule has 1 fully saturated rings. The minimum atomic E-state index is -3.11. The van der Waals surface area contributed by atoms with Gasteiger partial charge in [0, 0.05) is 22.6 Å². The molecular weight excluding hydrogens is 266 g/mol. The molecule has 21 heavy (non-hydrogen) atoms. The van der Waals surface area contributed by atoms with Crippen LogP contribution in [0.1, 0.15) is 45.1 Å². The molecule has 1 aromatic carbocycles. The Hall–Kier alpha value is -1.55. The average molecular weight is 296 g/mol. The van der Waals surface area contributed by atoms with Gasteiger partial charge in [-0.2, -0.15) is 0 Å². The summed E-state index contributed by atoms with van der Waals surface area (Å²) >= 11 is 0. The lowest BCUT2D eigenvalue weighted by Crippen LogP contribution is -2.37. The van der Waals surface area contributed by atoms with Crippen LogP contribution in [0.5, 0.6) is 0 Å². The van der Waals surface area contributed by atoms with Crippen LogP contribution in [0.2, 0.25) is 0 Å². The number of alkyl carbamates (subject to hydrolysis) is 1. The highest BCUT2D eigenvalue weighted by Crippen LogP contribution is 2.53. The van der Waals surface area contributed by atoms with Crippen LogP contribution in [0.15, 0.2) is 24.3 Å². The Morgan fingerprint density at radius 2 is 2.19 bits per heavy atom. The summed E-state index contributed by atoms with van der Waals surface area (Å²) in [6.07, 6.45) is -3.21. The lowest BCUT2D eigenvalue weighted by Gasteiger charge is -2.23. The number of aliphatic hydroxyl groups is 1. The van der Waals surface area contributed by atoms with Gasteiger partial charge in [-0.25, -0.2) is 4.79 Å². The van der Waals surface area contributed by atoms with Crippen LogP contribution in [0.3, 0.4) is 0 Å². The fourth-order valence-electron chi connectivity index (χ4n) is 2.11. The lowest BCUT2D eigenvalue weighted by molar-refractivity contribution is 0.0520. The predicted octanol–water partition coefficient (Wildman–Crippen LogP) is 2.77. The summed E-state index contributed by atoms with van der Waals surface area (Å²) in [5, 5.41) is 12.4. The van der Waals surface area contributed by atoms with E-state index in [1.54, 1.807) is 45.0 Å². The van der Waals surface area contributed by atoms with Crippen molar-refractivity contribution in [1.82, 2.24) is 5.32 Å². The zero-order valence-corrected chi connectivity index (χ0v) is 12.8. The first-order valence-corrected chi connectivity index (χ1v) is 6.86. The van der Waals surface area contributed by atoms with E-state index in [-0.39, 0.29) is 6.54 Å². The zero-order chi connectivity index (χ0) is 20.2. The molecule has 2 rings (SSSR count). The van der Waals surface area contributed by atoms with Crippen molar-refractivity contribution in [3.63, 3.8) is 0 Å². The summed E-state index contributed by atoms with van der Waals surface area (Å²) in [5.74, 6) is -2.49. The van der Waals surface area contributed by atoms with E-state index < -0.39 is 35.9 Å². The van der Waals surface area contributed by atoms with E-state index in [1.165, 1.54) is 0 Å². The van der Waals surface area contributed by atoms with Gasteiger partial charge in [-0.15, -0.1) is 0 Å². The molecule has 0 aliphatic heterocycles. The summed E-state index contributed by atoms with van der Waals surface area (Å²) in [7, 11) is 0. The van der Waals surface area contributed by atoms with E-state index in [2.05, 4.69) is 5.32 Å². The molecule has 0 unspecified atom stereocenters. The zero-order valence-electron chi connectivity index (χ0n) is 17.8. The third-order valence-corrected chi connectivity index (χ3v) is 3.26. The molecule has 0 radical (unpaired) electrons. The quantitative estimate of drug-likeness (QED) is 0.898. The third-order valence-electron chi connectivity index (χ3n) is 3.26. The maximum absolute atomic E-state index is 12.0. The summed E-state index contributed by atoms with van der Waals surface area (Å²) in [4.78, 5) is 12.0. The van der Waals surface area contributed by atoms with Crippen molar-refractivity contribution in [1.29, 1.82) is 0 Å². The standard InChI is InChI=1S/C17H25NO3/c1-12-5-7-13(8-6-12)17(9-14(17)10-19)11-18-15(20)21-16(2,3)4/h5-8,14,19H,9-11H2,1-4H3,(H,18,20)/t14-,17+/m0/s1/i9D2,10D2,14D. The first-order valence-electron chi connectivity index (χ1n) is 9.36. The molecule has 4 nitrogen and oxygen atoms in total. The highest BCUT2D eigenvalue weighted by Gasteiger charge is 2.54. The summed E-state index contributed by atoms with van der Waals surface area (Å²) < 4.78 is 45.4. The molecule has 4 heteroatoms. The van der Waals surface area contributed by atoms with E-state index >= 15 is 0 Å². The monoisotopic (exact) mass is 296 g/mol. The molecule has 1 aromatic rings. The second-order valence-corrected chi connectivity index (χ2v) is 6.24. The van der Waals surface area contributed by atoms with Crippen molar-refractivity contribution in [2.75, 3.05) is 13.1 Å². The Balaban J connectivity index is 2.43. The van der Waals surface area contributed by atoms with Gasteiger partial charge in [0.05, 0.1) is 2.74 Å². The highest BCUT2D eigenvalue weighted by atomic mass is 16.6. The minimum Gasteiger partial charge on any atom is -0.444 e. The Labute approximate surface area is 133 Å². The second-order valence-electron chi connectivity index (χ2n) is 6.24. The van der Waals surface area contributed by atoms with Crippen LogP contribution in [0.25, 0.3) is 0 Å². The Bertz CT molecular complexity index is 696. The predicted molar refractivity (Wildman–Crippen MR) is 82.3 cm³/mol. The number of hydrogen-bond acceptors (Lipinski definition) is 3. The Morgan fingerprint density at radius 1 is 1.57 bits per heavy atom. The number of ether oxygens (including phenoxy) is 1. The van der Waals surface area contributed by atoms with Gasteiger partial charge in [0.15, 0.2) is 0 Å². The average Bonchev–Trinajstić information content (AvgIpc) is 2.86. The topological polar surface area (TPSA) is 58.6 Å². The number of amides is 1. The number of aryl methyl sites for hydroxylation is 1. The maximum atomic E-state index is 12.0. The van der Waals surface area contributed by atoms with Crippen molar-refractivity contribution in [3.8, 4) is 0 Å². The highest BCUT2D eigenvalue weighted by molar-refractivity contribution is 5.68. The molecule has 0 aromatic heterocycles. The Morgan fingerprint density at radius 3 is 2.67 bits per heavy atom. The number of carbonyl (C=O) groups is 1. The van der Waals surface area contributed by atoms with Gasteiger partial charge in [0.1, 0.15) is 5.60 Å². The van der Waals surface area contributed by atoms with Crippen LogP contribution in [-0.2, 0) is 10.2 Å². The van der Waals surface area contributed by atoms with Crippen molar-refractivity contribution in [2.24, 2.45) is 5.89 Å². The molecule has 0 bridgehead atoms. The largest absolute Gasteiger partial charge is 0.444 e.